The number of benzene rings is 2. The van der Waals surface area contributed by atoms with Crippen LogP contribution in [0.2, 0.25) is 0 Å². The Morgan fingerprint density at radius 3 is 2.20 bits per heavy atom. The molecule has 0 fully saturated rings. The second-order valence-electron chi connectivity index (χ2n) is 3.85. The van der Waals surface area contributed by atoms with Crippen LogP contribution < -0.4 is 4.74 Å². The molecule has 2 nitrogen and oxygen atoms in total. The van der Waals surface area contributed by atoms with Crippen LogP contribution in [0.3, 0.4) is 0 Å². The third-order valence-corrected chi connectivity index (χ3v) is 2.52. The summed E-state index contributed by atoms with van der Waals surface area (Å²) in [7, 11) is 0. The second-order valence-corrected chi connectivity index (χ2v) is 3.85. The van der Waals surface area contributed by atoms with Gasteiger partial charge in [-0.2, -0.15) is 5.26 Å². The van der Waals surface area contributed by atoms with Gasteiger partial charge in [0.05, 0.1) is 5.56 Å². The Labute approximate surface area is 111 Å². The molecule has 0 saturated heterocycles. The summed E-state index contributed by atoms with van der Waals surface area (Å²) in [5.41, 5.74) is 0.582. The molecule has 0 heterocycles. The fourth-order valence-corrected chi connectivity index (χ4v) is 1.71. The van der Waals surface area contributed by atoms with E-state index in [0.29, 0.717) is 11.1 Å². The third kappa shape index (κ3) is 3.06. The number of hydrogen-bond acceptors (Lipinski definition) is 2. The van der Waals surface area contributed by atoms with Gasteiger partial charge in [0.2, 0.25) is 0 Å². The second kappa shape index (κ2) is 5.21. The molecule has 0 aliphatic carbocycles. The summed E-state index contributed by atoms with van der Waals surface area (Å²) in [6.07, 6.45) is -4.77. The van der Waals surface area contributed by atoms with Crippen LogP contribution in [-0.4, -0.2) is 6.36 Å². The minimum absolute atomic E-state index is 0.156. The molecular weight excluding hydrogens is 274 g/mol. The lowest BCUT2D eigenvalue weighted by molar-refractivity contribution is -0.274. The molecule has 2 rings (SSSR count). The minimum Gasteiger partial charge on any atom is -0.406 e. The zero-order chi connectivity index (χ0) is 14.8. The van der Waals surface area contributed by atoms with E-state index in [1.165, 1.54) is 24.3 Å². The molecule has 0 N–H and O–H groups in total. The molecule has 0 bridgehead atoms. The Morgan fingerprint density at radius 2 is 1.65 bits per heavy atom. The predicted octanol–water partition coefficient (Wildman–Crippen LogP) is 4.26. The Hall–Kier alpha value is -2.55. The Kier molecular flexibility index (Phi) is 3.61. The molecule has 0 aliphatic rings. The van der Waals surface area contributed by atoms with Gasteiger partial charge in [0.1, 0.15) is 17.6 Å². The van der Waals surface area contributed by atoms with Crippen molar-refractivity contribution < 1.29 is 22.3 Å². The van der Waals surface area contributed by atoms with E-state index in [9.17, 15) is 17.6 Å². The Morgan fingerprint density at radius 1 is 1.00 bits per heavy atom. The molecule has 0 saturated carbocycles. The van der Waals surface area contributed by atoms with Gasteiger partial charge in [0.25, 0.3) is 0 Å². The molecular formula is C14H7F4NO. The first kappa shape index (κ1) is 13.9. The lowest BCUT2D eigenvalue weighted by Crippen LogP contribution is -2.16. The van der Waals surface area contributed by atoms with Gasteiger partial charge in [0, 0.05) is 5.56 Å². The topological polar surface area (TPSA) is 33.0 Å². The lowest BCUT2D eigenvalue weighted by Gasteiger charge is -2.10. The Bertz CT molecular complexity index is 656. The lowest BCUT2D eigenvalue weighted by atomic mass is 10.00. The standard InChI is InChI=1S/C14H7F4NO/c15-13-3-1-2-11(12(13)8-19)9-4-6-10(7-5-9)20-14(16,17)18/h1-7H. The summed E-state index contributed by atoms with van der Waals surface area (Å²) < 4.78 is 53.2. The van der Waals surface area contributed by atoms with Crippen molar-refractivity contribution >= 4 is 0 Å². The molecule has 0 atom stereocenters. The van der Waals surface area contributed by atoms with Gasteiger partial charge in [-0.25, -0.2) is 4.39 Å². The summed E-state index contributed by atoms with van der Waals surface area (Å²) in [5, 5.41) is 8.90. The van der Waals surface area contributed by atoms with Gasteiger partial charge in [-0.15, -0.1) is 13.2 Å². The number of ether oxygens (including phenoxy) is 1. The van der Waals surface area contributed by atoms with E-state index in [1.54, 1.807) is 6.07 Å². The molecule has 102 valence electrons. The van der Waals surface area contributed by atoms with E-state index in [0.717, 1.165) is 18.2 Å². The molecule has 6 heteroatoms. The van der Waals surface area contributed by atoms with Crippen LogP contribution >= 0.6 is 0 Å². The molecule has 2 aromatic rings. The van der Waals surface area contributed by atoms with E-state index in [2.05, 4.69) is 4.74 Å². The quantitative estimate of drug-likeness (QED) is 0.770. The fraction of sp³-hybridized carbons (Fsp3) is 0.0714. The van der Waals surface area contributed by atoms with Gasteiger partial charge in [-0.1, -0.05) is 24.3 Å². The van der Waals surface area contributed by atoms with Gasteiger partial charge >= 0.3 is 6.36 Å². The zero-order valence-corrected chi connectivity index (χ0v) is 9.91. The monoisotopic (exact) mass is 281 g/mol. The molecule has 0 aliphatic heterocycles. The fourth-order valence-electron chi connectivity index (χ4n) is 1.71. The van der Waals surface area contributed by atoms with Crippen LogP contribution in [0.1, 0.15) is 5.56 Å². The third-order valence-electron chi connectivity index (χ3n) is 2.52. The van der Waals surface area contributed by atoms with Crippen molar-refractivity contribution in [2.24, 2.45) is 0 Å². The van der Waals surface area contributed by atoms with Crippen molar-refractivity contribution in [1.29, 1.82) is 5.26 Å². The normalized spacial score (nSPS) is 10.9. The van der Waals surface area contributed by atoms with Crippen LogP contribution in [0.25, 0.3) is 11.1 Å². The zero-order valence-electron chi connectivity index (χ0n) is 9.91. The number of alkyl halides is 3. The maximum absolute atomic E-state index is 13.4. The minimum atomic E-state index is -4.77. The van der Waals surface area contributed by atoms with Crippen molar-refractivity contribution in [1.82, 2.24) is 0 Å². The van der Waals surface area contributed by atoms with Crippen LogP contribution in [-0.2, 0) is 0 Å². The number of nitrogens with zero attached hydrogens (tertiary/aromatic N) is 1. The van der Waals surface area contributed by atoms with E-state index in [-0.39, 0.29) is 11.3 Å². The number of rotatable bonds is 2. The van der Waals surface area contributed by atoms with Gasteiger partial charge in [-0.3, -0.25) is 0 Å². The van der Waals surface area contributed by atoms with Crippen molar-refractivity contribution in [3.63, 3.8) is 0 Å². The Balaban J connectivity index is 2.36. The number of nitriles is 1. The summed E-state index contributed by atoms with van der Waals surface area (Å²) in [4.78, 5) is 0. The highest BCUT2D eigenvalue weighted by atomic mass is 19.4. The van der Waals surface area contributed by atoms with E-state index in [4.69, 9.17) is 5.26 Å². The smallest absolute Gasteiger partial charge is 0.406 e. The number of halogens is 4. The maximum Gasteiger partial charge on any atom is 0.573 e. The maximum atomic E-state index is 13.4. The first-order valence-corrected chi connectivity index (χ1v) is 5.45. The summed E-state index contributed by atoms with van der Waals surface area (Å²) >= 11 is 0. The average molecular weight is 281 g/mol. The van der Waals surface area contributed by atoms with Crippen molar-refractivity contribution in [2.45, 2.75) is 6.36 Å². The summed E-state index contributed by atoms with van der Waals surface area (Å²) in [5.74, 6) is -1.06. The highest BCUT2D eigenvalue weighted by Crippen LogP contribution is 2.29. The number of hydrogen-bond donors (Lipinski definition) is 0. The largest absolute Gasteiger partial charge is 0.573 e. The van der Waals surface area contributed by atoms with Crippen molar-refractivity contribution in [3.8, 4) is 22.9 Å². The van der Waals surface area contributed by atoms with Crippen LogP contribution in [0.4, 0.5) is 17.6 Å². The van der Waals surface area contributed by atoms with Crippen LogP contribution in [0.5, 0.6) is 5.75 Å². The molecule has 0 radical (unpaired) electrons. The molecule has 0 spiro atoms. The molecule has 20 heavy (non-hydrogen) atoms. The van der Waals surface area contributed by atoms with Gasteiger partial charge in [0.15, 0.2) is 0 Å². The van der Waals surface area contributed by atoms with E-state index < -0.39 is 12.2 Å². The summed E-state index contributed by atoms with van der Waals surface area (Å²) in [6.45, 7) is 0. The highest BCUT2D eigenvalue weighted by Gasteiger charge is 2.30. The predicted molar refractivity (Wildman–Crippen MR) is 63.2 cm³/mol. The van der Waals surface area contributed by atoms with Crippen molar-refractivity contribution in [3.05, 3.63) is 53.8 Å². The van der Waals surface area contributed by atoms with Crippen LogP contribution in [0, 0.1) is 17.1 Å². The van der Waals surface area contributed by atoms with E-state index >= 15 is 0 Å². The first-order valence-electron chi connectivity index (χ1n) is 5.45. The summed E-state index contributed by atoms with van der Waals surface area (Å²) in [6, 6.07) is 10.7. The molecule has 0 aromatic heterocycles. The van der Waals surface area contributed by atoms with Gasteiger partial charge in [-0.05, 0) is 23.8 Å². The highest BCUT2D eigenvalue weighted by molar-refractivity contribution is 5.71. The molecule has 2 aromatic carbocycles. The SMILES string of the molecule is N#Cc1c(F)cccc1-c1ccc(OC(F)(F)F)cc1. The molecule has 0 amide bonds. The molecule has 0 unspecified atom stereocenters. The van der Waals surface area contributed by atoms with Crippen molar-refractivity contribution in [2.75, 3.05) is 0 Å². The van der Waals surface area contributed by atoms with E-state index in [1.807, 2.05) is 0 Å². The van der Waals surface area contributed by atoms with Gasteiger partial charge < -0.3 is 4.74 Å². The van der Waals surface area contributed by atoms with Crippen LogP contribution in [0.15, 0.2) is 42.5 Å². The first-order chi connectivity index (χ1) is 9.40. The average Bonchev–Trinajstić information content (AvgIpc) is 2.37.